The van der Waals surface area contributed by atoms with Crippen molar-refractivity contribution in [3.63, 3.8) is 0 Å². The van der Waals surface area contributed by atoms with Crippen LogP contribution in [0.15, 0.2) is 24.8 Å². The monoisotopic (exact) mass is 318 g/mol. The van der Waals surface area contributed by atoms with Crippen LogP contribution in [0.2, 0.25) is 0 Å². The van der Waals surface area contributed by atoms with Crippen LogP contribution >= 0.6 is 0 Å². The van der Waals surface area contributed by atoms with E-state index in [0.29, 0.717) is 24.9 Å². The molecular weight excluding hydrogens is 292 g/mol. The molecule has 126 valence electrons. The van der Waals surface area contributed by atoms with Gasteiger partial charge in [0, 0.05) is 0 Å². The first kappa shape index (κ1) is 18.9. The number of aromatic hydroxyl groups is 1. The molecule has 4 nitrogen and oxygen atoms in total. The molecule has 0 spiro atoms. The quantitative estimate of drug-likeness (QED) is 0.325. The largest absolute Gasteiger partial charge is 0.506 e. The molecule has 0 aromatic heterocycles. The predicted octanol–water partition coefficient (Wildman–Crippen LogP) is 4.70. The maximum absolute atomic E-state index is 10.9. The molecule has 0 saturated heterocycles. The van der Waals surface area contributed by atoms with E-state index >= 15 is 0 Å². The molecule has 0 aliphatic rings. The lowest BCUT2D eigenvalue weighted by atomic mass is 10.1. The van der Waals surface area contributed by atoms with Crippen LogP contribution in [-0.2, 0) is 0 Å². The summed E-state index contributed by atoms with van der Waals surface area (Å²) in [6.45, 7) is 4.25. The molecule has 23 heavy (non-hydrogen) atoms. The Hall–Kier alpha value is -2.10. The number of ether oxygens (including phenoxy) is 1. The van der Waals surface area contributed by atoms with E-state index in [1.165, 1.54) is 44.2 Å². The van der Waals surface area contributed by atoms with E-state index in [1.807, 2.05) is 6.08 Å². The molecule has 1 aromatic rings. The fourth-order valence-corrected chi connectivity index (χ4v) is 2.38. The molecule has 0 saturated carbocycles. The highest BCUT2D eigenvalue weighted by atomic mass is 16.5. The number of allylic oxidation sites excluding steroid dienone is 1. The van der Waals surface area contributed by atoms with Crippen molar-refractivity contribution in [1.82, 2.24) is 0 Å². The summed E-state index contributed by atoms with van der Waals surface area (Å²) in [6.07, 6.45) is 12.3. The van der Waals surface area contributed by atoms with Gasteiger partial charge in [-0.2, -0.15) is 0 Å². The molecule has 0 fully saturated rings. The van der Waals surface area contributed by atoms with Crippen molar-refractivity contribution in [2.24, 2.45) is 0 Å². The third-order valence-electron chi connectivity index (χ3n) is 3.72. The van der Waals surface area contributed by atoms with Crippen LogP contribution in [0.5, 0.6) is 11.5 Å². The van der Waals surface area contributed by atoms with Gasteiger partial charge in [-0.25, -0.2) is 0 Å². The van der Waals surface area contributed by atoms with Crippen LogP contribution in [-0.4, -0.2) is 24.3 Å². The number of phenolic OH excluding ortho intramolecular Hbond substituents is 1. The number of hydrogen-bond acceptors (Lipinski definition) is 4. The summed E-state index contributed by atoms with van der Waals surface area (Å²) in [5.41, 5.74) is 0.147. The van der Waals surface area contributed by atoms with E-state index in [9.17, 15) is 14.7 Å². The van der Waals surface area contributed by atoms with Gasteiger partial charge in [-0.05, 0) is 31.4 Å². The number of phenols is 1. The van der Waals surface area contributed by atoms with Crippen LogP contribution in [0.25, 0.3) is 0 Å². The van der Waals surface area contributed by atoms with Crippen LogP contribution in [0.4, 0.5) is 0 Å². The summed E-state index contributed by atoms with van der Waals surface area (Å²) < 4.78 is 5.57. The van der Waals surface area contributed by atoms with Crippen LogP contribution < -0.4 is 4.74 Å². The normalized spacial score (nSPS) is 10.3. The number of hydrogen-bond donors (Lipinski definition) is 1. The third kappa shape index (κ3) is 7.13. The Labute approximate surface area is 138 Å². The summed E-state index contributed by atoms with van der Waals surface area (Å²) in [6, 6.07) is 2.91. The molecule has 0 heterocycles. The van der Waals surface area contributed by atoms with Crippen molar-refractivity contribution in [1.29, 1.82) is 0 Å². The van der Waals surface area contributed by atoms with Gasteiger partial charge >= 0.3 is 0 Å². The zero-order chi connectivity index (χ0) is 16.9. The van der Waals surface area contributed by atoms with Crippen LogP contribution in [0.3, 0.4) is 0 Å². The van der Waals surface area contributed by atoms with Crippen molar-refractivity contribution < 1.29 is 19.4 Å². The number of carbonyl (C=O) groups is 2. The van der Waals surface area contributed by atoms with E-state index in [4.69, 9.17) is 4.74 Å². The second kappa shape index (κ2) is 11.5. The number of carbonyl (C=O) groups excluding carboxylic acids is 2. The molecule has 0 atom stereocenters. The van der Waals surface area contributed by atoms with Gasteiger partial charge < -0.3 is 9.84 Å². The number of benzene rings is 1. The average molecular weight is 318 g/mol. The Kier molecular flexibility index (Phi) is 9.45. The number of unbranched alkanes of at least 4 members (excludes halogenated alkanes) is 7. The van der Waals surface area contributed by atoms with E-state index < -0.39 is 0 Å². The minimum atomic E-state index is -0.293. The fourth-order valence-electron chi connectivity index (χ4n) is 2.38. The van der Waals surface area contributed by atoms with Gasteiger partial charge in [0.2, 0.25) is 0 Å². The van der Waals surface area contributed by atoms with Crippen molar-refractivity contribution in [2.45, 2.75) is 51.4 Å². The average Bonchev–Trinajstić information content (AvgIpc) is 2.57. The minimum Gasteiger partial charge on any atom is -0.506 e. The minimum absolute atomic E-state index is 0.0733. The lowest BCUT2D eigenvalue weighted by Crippen LogP contribution is -1.99. The Morgan fingerprint density at radius 2 is 1.43 bits per heavy atom. The van der Waals surface area contributed by atoms with Gasteiger partial charge in [0.1, 0.15) is 11.5 Å². The first-order valence-corrected chi connectivity index (χ1v) is 8.24. The molecular formula is C19H26O4. The Morgan fingerprint density at radius 1 is 0.913 bits per heavy atom. The first-order valence-electron chi connectivity index (χ1n) is 8.24. The lowest BCUT2D eigenvalue weighted by Gasteiger charge is -2.09. The van der Waals surface area contributed by atoms with Crippen LogP contribution in [0.1, 0.15) is 72.1 Å². The van der Waals surface area contributed by atoms with Crippen LogP contribution in [0, 0.1) is 0 Å². The fraction of sp³-hybridized carbons (Fsp3) is 0.474. The topological polar surface area (TPSA) is 63.6 Å². The SMILES string of the molecule is C=CCCCCCCCCCOc1cc(C=O)c(O)c(C=O)c1. The van der Waals surface area contributed by atoms with Gasteiger partial charge in [0.25, 0.3) is 0 Å². The van der Waals surface area contributed by atoms with Gasteiger partial charge in [0.15, 0.2) is 12.6 Å². The first-order chi connectivity index (χ1) is 11.2. The number of aldehydes is 2. The van der Waals surface area contributed by atoms with Crippen molar-refractivity contribution in [2.75, 3.05) is 6.61 Å². The standard InChI is InChI=1S/C19H26O4/c1-2-3-4-5-6-7-8-9-10-11-23-18-12-16(14-20)19(22)17(13-18)15-21/h2,12-15,22H,1,3-11H2. The van der Waals surface area contributed by atoms with Gasteiger partial charge in [-0.3, -0.25) is 9.59 Å². The van der Waals surface area contributed by atoms with Gasteiger partial charge in [-0.1, -0.05) is 38.2 Å². The Morgan fingerprint density at radius 3 is 1.96 bits per heavy atom. The Bertz CT molecular complexity index is 479. The van der Waals surface area contributed by atoms with E-state index in [0.717, 1.165) is 19.3 Å². The number of rotatable bonds is 13. The van der Waals surface area contributed by atoms with Crippen molar-refractivity contribution in [3.05, 3.63) is 35.9 Å². The zero-order valence-electron chi connectivity index (χ0n) is 13.6. The highest BCUT2D eigenvalue weighted by Gasteiger charge is 2.09. The molecule has 1 rings (SSSR count). The molecule has 1 aromatic carbocycles. The maximum atomic E-state index is 10.9. The molecule has 0 amide bonds. The maximum Gasteiger partial charge on any atom is 0.153 e. The van der Waals surface area contributed by atoms with E-state index in [-0.39, 0.29) is 16.9 Å². The molecule has 0 bridgehead atoms. The summed E-state index contributed by atoms with van der Waals surface area (Å²) in [5, 5.41) is 9.64. The van der Waals surface area contributed by atoms with Crippen molar-refractivity contribution in [3.8, 4) is 11.5 Å². The smallest absolute Gasteiger partial charge is 0.153 e. The van der Waals surface area contributed by atoms with Gasteiger partial charge in [0.05, 0.1) is 17.7 Å². The molecule has 0 aliphatic heterocycles. The predicted molar refractivity (Wildman–Crippen MR) is 91.5 cm³/mol. The molecule has 1 N–H and O–H groups in total. The molecule has 0 radical (unpaired) electrons. The second-order valence-electron chi connectivity index (χ2n) is 5.59. The summed E-state index contributed by atoms with van der Waals surface area (Å²) in [4.78, 5) is 21.7. The molecule has 0 unspecified atom stereocenters. The highest BCUT2D eigenvalue weighted by molar-refractivity contribution is 5.89. The lowest BCUT2D eigenvalue weighted by molar-refractivity contribution is 0.111. The van der Waals surface area contributed by atoms with Gasteiger partial charge in [-0.15, -0.1) is 6.58 Å². The summed E-state index contributed by atoms with van der Waals surface area (Å²) in [7, 11) is 0. The van der Waals surface area contributed by atoms with E-state index in [2.05, 4.69) is 6.58 Å². The second-order valence-corrected chi connectivity index (χ2v) is 5.59. The van der Waals surface area contributed by atoms with Crippen molar-refractivity contribution >= 4 is 12.6 Å². The zero-order valence-corrected chi connectivity index (χ0v) is 13.6. The highest BCUT2D eigenvalue weighted by Crippen LogP contribution is 2.26. The molecule has 0 aliphatic carbocycles. The summed E-state index contributed by atoms with van der Waals surface area (Å²) in [5.74, 6) is 0.148. The summed E-state index contributed by atoms with van der Waals surface area (Å²) >= 11 is 0. The third-order valence-corrected chi connectivity index (χ3v) is 3.72. The molecule has 4 heteroatoms. The van der Waals surface area contributed by atoms with E-state index in [1.54, 1.807) is 0 Å². The Balaban J connectivity index is 2.22.